The van der Waals surface area contributed by atoms with Gasteiger partial charge in [0, 0.05) is 37.2 Å². The third-order valence-electron chi connectivity index (χ3n) is 3.41. The van der Waals surface area contributed by atoms with Crippen LogP contribution >= 0.6 is 11.6 Å². The molecule has 86 valence electrons. The molecule has 1 unspecified atom stereocenters. The van der Waals surface area contributed by atoms with Crippen LogP contribution in [-0.2, 0) is 0 Å². The van der Waals surface area contributed by atoms with E-state index in [0.29, 0.717) is 6.04 Å². The van der Waals surface area contributed by atoms with E-state index in [1.165, 1.54) is 17.8 Å². The molecule has 0 aromatic heterocycles. The lowest BCUT2D eigenvalue weighted by atomic mass is 10.1. The molecule has 1 fully saturated rings. The van der Waals surface area contributed by atoms with Crippen LogP contribution < -0.4 is 15.5 Å². The number of anilines is 2. The maximum Gasteiger partial charge on any atom is 0.0620 e. The first-order chi connectivity index (χ1) is 7.84. The summed E-state index contributed by atoms with van der Waals surface area (Å²) in [6.45, 7) is 4.24. The number of benzene rings is 1. The van der Waals surface area contributed by atoms with Gasteiger partial charge in [0.05, 0.1) is 11.4 Å². The van der Waals surface area contributed by atoms with Crippen molar-refractivity contribution in [3.63, 3.8) is 0 Å². The first kappa shape index (κ1) is 10.2. The summed E-state index contributed by atoms with van der Waals surface area (Å²) >= 11 is 6.09. The molecule has 0 amide bonds. The molecule has 0 bridgehead atoms. The number of hydrogen-bond donors (Lipinski definition) is 2. The third kappa shape index (κ3) is 1.74. The van der Waals surface area contributed by atoms with Gasteiger partial charge in [-0.1, -0.05) is 11.6 Å². The van der Waals surface area contributed by atoms with E-state index in [-0.39, 0.29) is 0 Å². The van der Waals surface area contributed by atoms with Gasteiger partial charge in [0.15, 0.2) is 0 Å². The molecule has 0 aliphatic carbocycles. The van der Waals surface area contributed by atoms with Crippen LogP contribution in [0.1, 0.15) is 6.42 Å². The number of hydrogen-bond acceptors (Lipinski definition) is 3. The number of rotatable bonds is 0. The van der Waals surface area contributed by atoms with Crippen LogP contribution in [0, 0.1) is 0 Å². The second-order valence-electron chi connectivity index (χ2n) is 4.43. The summed E-state index contributed by atoms with van der Waals surface area (Å²) in [7, 11) is 0. The molecule has 2 N–H and O–H groups in total. The van der Waals surface area contributed by atoms with E-state index >= 15 is 0 Å². The Bertz CT molecular complexity index is 394. The minimum Gasteiger partial charge on any atom is -0.383 e. The lowest BCUT2D eigenvalue weighted by Gasteiger charge is -2.37. The predicted molar refractivity (Wildman–Crippen MR) is 68.6 cm³/mol. The van der Waals surface area contributed by atoms with Crippen LogP contribution in [0.5, 0.6) is 0 Å². The molecular formula is C12H16ClN3. The topological polar surface area (TPSA) is 27.3 Å². The molecule has 4 heteroatoms. The van der Waals surface area contributed by atoms with Crippen molar-refractivity contribution < 1.29 is 0 Å². The summed E-state index contributed by atoms with van der Waals surface area (Å²) in [6.07, 6.45) is 1.18. The van der Waals surface area contributed by atoms with E-state index in [2.05, 4.69) is 27.7 Å². The second kappa shape index (κ2) is 4.15. The van der Waals surface area contributed by atoms with Crippen molar-refractivity contribution in [3.05, 3.63) is 23.2 Å². The molecule has 0 saturated carbocycles. The number of nitrogens with one attached hydrogen (secondary N) is 2. The number of piperazine rings is 1. The average molecular weight is 238 g/mol. The Morgan fingerprint density at radius 3 is 3.19 bits per heavy atom. The van der Waals surface area contributed by atoms with Crippen molar-refractivity contribution in [2.45, 2.75) is 12.5 Å². The third-order valence-corrected chi connectivity index (χ3v) is 3.65. The van der Waals surface area contributed by atoms with Crippen molar-refractivity contribution in [2.24, 2.45) is 0 Å². The molecule has 0 radical (unpaired) electrons. The Balaban J connectivity index is 2.02. The van der Waals surface area contributed by atoms with Crippen LogP contribution in [0.2, 0.25) is 5.02 Å². The fraction of sp³-hybridized carbons (Fsp3) is 0.500. The van der Waals surface area contributed by atoms with Crippen LogP contribution in [-0.4, -0.2) is 32.2 Å². The molecule has 1 aromatic rings. The van der Waals surface area contributed by atoms with Crippen LogP contribution in [0.3, 0.4) is 0 Å². The van der Waals surface area contributed by atoms with Gasteiger partial charge in [-0.3, -0.25) is 0 Å². The zero-order valence-electron chi connectivity index (χ0n) is 9.17. The van der Waals surface area contributed by atoms with Gasteiger partial charge in [-0.2, -0.15) is 0 Å². The van der Waals surface area contributed by atoms with Crippen LogP contribution in [0.25, 0.3) is 0 Å². The molecule has 2 aliphatic heterocycles. The SMILES string of the molecule is Clc1ccc2c(c1)N1CCNCC1CCN2. The molecule has 2 aliphatic rings. The molecule has 0 spiro atoms. The highest BCUT2D eigenvalue weighted by Gasteiger charge is 2.26. The molecule has 1 saturated heterocycles. The van der Waals surface area contributed by atoms with Gasteiger partial charge in [0.1, 0.15) is 0 Å². The summed E-state index contributed by atoms with van der Waals surface area (Å²) in [5, 5.41) is 7.75. The summed E-state index contributed by atoms with van der Waals surface area (Å²) in [6, 6.07) is 6.71. The molecule has 16 heavy (non-hydrogen) atoms. The fourth-order valence-electron chi connectivity index (χ4n) is 2.60. The highest BCUT2D eigenvalue weighted by molar-refractivity contribution is 6.31. The van der Waals surface area contributed by atoms with Gasteiger partial charge < -0.3 is 15.5 Å². The minimum atomic E-state index is 0.598. The summed E-state index contributed by atoms with van der Waals surface area (Å²) in [5.41, 5.74) is 2.48. The van der Waals surface area contributed by atoms with Gasteiger partial charge in [-0.05, 0) is 24.6 Å². The van der Waals surface area contributed by atoms with Gasteiger partial charge in [0.25, 0.3) is 0 Å². The average Bonchev–Trinajstić information content (AvgIpc) is 2.48. The molecule has 2 heterocycles. The van der Waals surface area contributed by atoms with Crippen molar-refractivity contribution >= 4 is 23.0 Å². The predicted octanol–water partition coefficient (Wildman–Crippen LogP) is 1.93. The van der Waals surface area contributed by atoms with E-state index in [1.54, 1.807) is 0 Å². The maximum absolute atomic E-state index is 6.09. The first-order valence-electron chi connectivity index (χ1n) is 5.85. The Kier molecular flexibility index (Phi) is 2.65. The summed E-state index contributed by atoms with van der Waals surface area (Å²) < 4.78 is 0. The lowest BCUT2D eigenvalue weighted by molar-refractivity contribution is 0.466. The number of halogens is 1. The van der Waals surface area contributed by atoms with E-state index in [1.807, 2.05) is 6.07 Å². The molecule has 3 nitrogen and oxygen atoms in total. The smallest absolute Gasteiger partial charge is 0.0620 e. The Morgan fingerprint density at radius 2 is 2.25 bits per heavy atom. The van der Waals surface area contributed by atoms with Crippen LogP contribution in [0.4, 0.5) is 11.4 Å². The van der Waals surface area contributed by atoms with Gasteiger partial charge in [0.2, 0.25) is 0 Å². The summed E-state index contributed by atoms with van der Waals surface area (Å²) in [5.74, 6) is 0. The quantitative estimate of drug-likeness (QED) is 0.722. The fourth-order valence-corrected chi connectivity index (χ4v) is 2.77. The van der Waals surface area contributed by atoms with E-state index in [4.69, 9.17) is 11.6 Å². The van der Waals surface area contributed by atoms with Crippen molar-refractivity contribution in [1.82, 2.24) is 5.32 Å². The van der Waals surface area contributed by atoms with Crippen molar-refractivity contribution in [2.75, 3.05) is 36.4 Å². The van der Waals surface area contributed by atoms with E-state index < -0.39 is 0 Å². The van der Waals surface area contributed by atoms with E-state index in [9.17, 15) is 0 Å². The van der Waals surface area contributed by atoms with Crippen LogP contribution in [0.15, 0.2) is 18.2 Å². The standard InChI is InChI=1S/C12H16ClN3/c13-9-1-2-11-12(7-9)16-6-5-14-8-10(16)3-4-15-11/h1-2,7,10,14-15H,3-6,8H2. The zero-order chi connectivity index (χ0) is 11.0. The number of nitrogens with zero attached hydrogens (tertiary/aromatic N) is 1. The maximum atomic E-state index is 6.09. The van der Waals surface area contributed by atoms with E-state index in [0.717, 1.165) is 31.2 Å². The molecular weight excluding hydrogens is 222 g/mol. The minimum absolute atomic E-state index is 0.598. The first-order valence-corrected chi connectivity index (χ1v) is 6.23. The Morgan fingerprint density at radius 1 is 1.31 bits per heavy atom. The largest absolute Gasteiger partial charge is 0.383 e. The Hall–Kier alpha value is -0.930. The Labute approximate surface area is 101 Å². The normalized spacial score (nSPS) is 24.1. The highest BCUT2D eigenvalue weighted by atomic mass is 35.5. The lowest BCUT2D eigenvalue weighted by Crippen LogP contribution is -2.51. The van der Waals surface area contributed by atoms with Gasteiger partial charge in [-0.15, -0.1) is 0 Å². The molecule has 3 rings (SSSR count). The molecule has 1 atom stereocenters. The number of fused-ring (bicyclic) bond motifs is 3. The monoisotopic (exact) mass is 237 g/mol. The summed E-state index contributed by atoms with van der Waals surface area (Å²) in [4.78, 5) is 2.48. The van der Waals surface area contributed by atoms with Crippen molar-refractivity contribution in [1.29, 1.82) is 0 Å². The zero-order valence-corrected chi connectivity index (χ0v) is 9.93. The highest BCUT2D eigenvalue weighted by Crippen LogP contribution is 2.33. The van der Waals surface area contributed by atoms with Gasteiger partial charge >= 0.3 is 0 Å². The second-order valence-corrected chi connectivity index (χ2v) is 4.86. The molecule has 1 aromatic carbocycles. The van der Waals surface area contributed by atoms with Gasteiger partial charge in [-0.25, -0.2) is 0 Å². The van der Waals surface area contributed by atoms with Crippen molar-refractivity contribution in [3.8, 4) is 0 Å².